The quantitative estimate of drug-likeness (QED) is 0.526. The van der Waals surface area contributed by atoms with Crippen LogP contribution in [-0.4, -0.2) is 23.2 Å². The summed E-state index contributed by atoms with van der Waals surface area (Å²) in [6, 6.07) is 16.3. The van der Waals surface area contributed by atoms with E-state index < -0.39 is 5.60 Å². The van der Waals surface area contributed by atoms with Crippen LogP contribution in [0, 0.1) is 5.92 Å². The molecule has 31 heavy (non-hydrogen) atoms. The zero-order valence-electron chi connectivity index (χ0n) is 18.8. The summed E-state index contributed by atoms with van der Waals surface area (Å²) in [7, 11) is 0. The molecule has 0 saturated heterocycles. The van der Waals surface area contributed by atoms with Crippen LogP contribution in [-0.2, 0) is 16.8 Å². The number of fused-ring (bicyclic) bond motifs is 1. The molecule has 1 fully saturated rings. The van der Waals surface area contributed by atoms with Gasteiger partial charge in [-0.05, 0) is 41.9 Å². The molecule has 0 amide bonds. The number of benzene rings is 2. The van der Waals surface area contributed by atoms with Crippen molar-refractivity contribution < 1.29 is 14.6 Å². The Morgan fingerprint density at radius 3 is 2.55 bits per heavy atom. The molecular formula is C27H35NO3. The summed E-state index contributed by atoms with van der Waals surface area (Å²) >= 11 is 0. The molecule has 1 saturated carbocycles. The molecule has 4 heteroatoms. The third-order valence-corrected chi connectivity index (χ3v) is 7.03. The maximum atomic E-state index is 11.9. The van der Waals surface area contributed by atoms with Crippen molar-refractivity contribution in [2.75, 3.05) is 11.9 Å². The smallest absolute Gasteiger partial charge is 0.338 e. The Labute approximate surface area is 186 Å². The summed E-state index contributed by atoms with van der Waals surface area (Å²) in [5, 5.41) is 15.4. The van der Waals surface area contributed by atoms with Crippen LogP contribution in [0.5, 0.6) is 0 Å². The maximum Gasteiger partial charge on any atom is 0.338 e. The summed E-state index contributed by atoms with van der Waals surface area (Å²) in [5.41, 5.74) is 2.69. The van der Waals surface area contributed by atoms with E-state index in [0.717, 1.165) is 17.7 Å². The largest absolute Gasteiger partial charge is 0.457 e. The Bertz CT molecular complexity index is 902. The number of nitrogens with one attached hydrogen (secondary N) is 1. The van der Waals surface area contributed by atoms with Gasteiger partial charge in [-0.15, -0.1) is 0 Å². The molecule has 0 radical (unpaired) electrons. The van der Waals surface area contributed by atoms with E-state index in [-0.39, 0.29) is 11.4 Å². The molecule has 4 rings (SSSR count). The van der Waals surface area contributed by atoms with E-state index in [1.807, 2.05) is 24.3 Å². The molecule has 2 N–H and O–H groups in total. The number of anilines is 1. The Balaban J connectivity index is 1.52. The number of rotatable bonds is 8. The fourth-order valence-corrected chi connectivity index (χ4v) is 5.44. The predicted octanol–water partition coefficient (Wildman–Crippen LogP) is 5.84. The summed E-state index contributed by atoms with van der Waals surface area (Å²) in [6.07, 6.45) is 7.75. The molecule has 1 aliphatic heterocycles. The van der Waals surface area contributed by atoms with Crippen molar-refractivity contribution in [2.45, 2.75) is 76.4 Å². The number of hydrogen-bond acceptors (Lipinski definition) is 4. The van der Waals surface area contributed by atoms with E-state index in [2.05, 4.69) is 43.4 Å². The van der Waals surface area contributed by atoms with Gasteiger partial charge in [0.2, 0.25) is 0 Å². The number of cyclic esters (lactones) is 1. The van der Waals surface area contributed by atoms with Gasteiger partial charge in [0.25, 0.3) is 0 Å². The standard InChI is InChI=1S/C27H35NO3/c1-26(2,22-11-7-4-8-12-22)18-27(30,16-20-9-5-3-6-10-20)19-28-23-14-13-21-17-31-25(29)24(21)15-23/h4,7-8,11-15,20,28,30H,3,5-6,9-10,16-19H2,1-2H3. The molecule has 166 valence electrons. The minimum atomic E-state index is -0.832. The third-order valence-electron chi connectivity index (χ3n) is 7.03. The molecule has 0 aromatic heterocycles. The van der Waals surface area contributed by atoms with Crippen molar-refractivity contribution in [1.82, 2.24) is 0 Å². The first-order chi connectivity index (χ1) is 14.8. The Hall–Kier alpha value is -2.33. The number of esters is 1. The summed E-state index contributed by atoms with van der Waals surface area (Å²) in [4.78, 5) is 11.9. The Morgan fingerprint density at radius 2 is 1.81 bits per heavy atom. The summed E-state index contributed by atoms with van der Waals surface area (Å²) in [5.74, 6) is 0.309. The molecule has 1 atom stereocenters. The lowest BCUT2D eigenvalue weighted by molar-refractivity contribution is -0.00217. The Kier molecular flexibility index (Phi) is 6.38. The lowest BCUT2D eigenvalue weighted by Crippen LogP contribution is -2.44. The van der Waals surface area contributed by atoms with Crippen LogP contribution >= 0.6 is 0 Å². The number of ether oxygens (including phenoxy) is 1. The lowest BCUT2D eigenvalue weighted by atomic mass is 9.71. The molecule has 1 aliphatic carbocycles. The van der Waals surface area contributed by atoms with Gasteiger partial charge < -0.3 is 15.2 Å². The van der Waals surface area contributed by atoms with Crippen LogP contribution < -0.4 is 5.32 Å². The van der Waals surface area contributed by atoms with E-state index in [1.54, 1.807) is 0 Å². The van der Waals surface area contributed by atoms with Gasteiger partial charge in [0.15, 0.2) is 0 Å². The van der Waals surface area contributed by atoms with Gasteiger partial charge in [0, 0.05) is 17.8 Å². The Morgan fingerprint density at radius 1 is 1.06 bits per heavy atom. The lowest BCUT2D eigenvalue weighted by Gasteiger charge is -2.40. The third kappa shape index (κ3) is 5.30. The van der Waals surface area contributed by atoms with Crippen molar-refractivity contribution in [1.29, 1.82) is 0 Å². The van der Waals surface area contributed by atoms with E-state index in [0.29, 0.717) is 31.1 Å². The van der Waals surface area contributed by atoms with Gasteiger partial charge in [-0.3, -0.25) is 0 Å². The topological polar surface area (TPSA) is 58.6 Å². The maximum absolute atomic E-state index is 11.9. The first-order valence-corrected chi connectivity index (χ1v) is 11.7. The fraction of sp³-hybridized carbons (Fsp3) is 0.519. The highest BCUT2D eigenvalue weighted by Gasteiger charge is 2.37. The van der Waals surface area contributed by atoms with Crippen LogP contribution in [0.25, 0.3) is 0 Å². The van der Waals surface area contributed by atoms with Crippen molar-refractivity contribution >= 4 is 11.7 Å². The van der Waals surface area contributed by atoms with Crippen molar-refractivity contribution in [2.24, 2.45) is 5.92 Å². The van der Waals surface area contributed by atoms with Crippen molar-refractivity contribution in [3.63, 3.8) is 0 Å². The van der Waals surface area contributed by atoms with Gasteiger partial charge >= 0.3 is 5.97 Å². The summed E-state index contributed by atoms with van der Waals surface area (Å²) < 4.78 is 5.12. The highest BCUT2D eigenvalue weighted by Crippen LogP contribution is 2.39. The highest BCUT2D eigenvalue weighted by atomic mass is 16.5. The zero-order chi connectivity index (χ0) is 21.9. The minimum absolute atomic E-state index is 0.145. The van der Waals surface area contributed by atoms with Crippen LogP contribution in [0.4, 0.5) is 5.69 Å². The van der Waals surface area contributed by atoms with Crippen LogP contribution in [0.1, 0.15) is 80.3 Å². The molecule has 2 aliphatic rings. The van der Waals surface area contributed by atoms with E-state index >= 15 is 0 Å². The first kappa shape index (κ1) is 21.9. The highest BCUT2D eigenvalue weighted by molar-refractivity contribution is 5.94. The molecule has 1 heterocycles. The zero-order valence-corrected chi connectivity index (χ0v) is 18.8. The average molecular weight is 422 g/mol. The van der Waals surface area contributed by atoms with Crippen molar-refractivity contribution in [3.05, 3.63) is 65.2 Å². The minimum Gasteiger partial charge on any atom is -0.457 e. The molecule has 2 aromatic rings. The number of hydrogen-bond donors (Lipinski definition) is 2. The van der Waals surface area contributed by atoms with E-state index in [1.165, 1.54) is 37.7 Å². The second kappa shape index (κ2) is 9.04. The summed E-state index contributed by atoms with van der Waals surface area (Å²) in [6.45, 7) is 5.26. The molecule has 0 spiro atoms. The van der Waals surface area contributed by atoms with Crippen molar-refractivity contribution in [3.8, 4) is 0 Å². The molecule has 2 aromatic carbocycles. The average Bonchev–Trinajstić information content (AvgIpc) is 3.13. The molecule has 0 bridgehead atoms. The first-order valence-electron chi connectivity index (χ1n) is 11.7. The number of carbonyl (C=O) groups is 1. The second-order valence-electron chi connectivity index (χ2n) is 10.2. The van der Waals surface area contributed by atoms with Crippen LogP contribution in [0.2, 0.25) is 0 Å². The van der Waals surface area contributed by atoms with Gasteiger partial charge in [0.05, 0.1) is 11.2 Å². The fourth-order valence-electron chi connectivity index (χ4n) is 5.44. The number of carbonyl (C=O) groups excluding carboxylic acids is 1. The molecule has 4 nitrogen and oxygen atoms in total. The molecular weight excluding hydrogens is 386 g/mol. The SMILES string of the molecule is CC(C)(CC(O)(CNc1ccc2c(c1)C(=O)OC2)CC1CCCCC1)c1ccccc1. The van der Waals surface area contributed by atoms with E-state index in [4.69, 9.17) is 4.74 Å². The van der Waals surface area contributed by atoms with Gasteiger partial charge in [-0.2, -0.15) is 0 Å². The van der Waals surface area contributed by atoms with Crippen LogP contribution in [0.3, 0.4) is 0 Å². The second-order valence-corrected chi connectivity index (χ2v) is 10.2. The normalized spacial score (nSPS) is 18.9. The molecule has 1 unspecified atom stereocenters. The predicted molar refractivity (Wildman–Crippen MR) is 124 cm³/mol. The van der Waals surface area contributed by atoms with Gasteiger partial charge in [-0.25, -0.2) is 4.79 Å². The van der Waals surface area contributed by atoms with E-state index in [9.17, 15) is 9.90 Å². The van der Waals surface area contributed by atoms with Crippen LogP contribution in [0.15, 0.2) is 48.5 Å². The monoisotopic (exact) mass is 421 g/mol. The van der Waals surface area contributed by atoms with Gasteiger partial charge in [0.1, 0.15) is 6.61 Å². The number of aliphatic hydroxyl groups is 1. The van der Waals surface area contributed by atoms with Gasteiger partial charge in [-0.1, -0.05) is 82.3 Å².